The maximum atomic E-state index is 5.98. The largest absolute Gasteiger partial charge is 0.261 e. The Morgan fingerprint density at radius 1 is 1.45 bits per heavy atom. The molecule has 0 radical (unpaired) electrons. The third kappa shape index (κ3) is 1.93. The van der Waals surface area contributed by atoms with Crippen molar-refractivity contribution >= 4 is 11.6 Å². The van der Waals surface area contributed by atoms with Crippen LogP contribution in [0.4, 0.5) is 0 Å². The van der Waals surface area contributed by atoms with Crippen LogP contribution in [0.5, 0.6) is 0 Å². The number of rotatable bonds is 1. The molecule has 0 spiro atoms. The van der Waals surface area contributed by atoms with E-state index in [9.17, 15) is 0 Å². The van der Waals surface area contributed by atoms with Gasteiger partial charge in [0.1, 0.15) is 0 Å². The van der Waals surface area contributed by atoms with Gasteiger partial charge in [0.25, 0.3) is 0 Å². The van der Waals surface area contributed by atoms with E-state index in [-0.39, 0.29) is 0 Å². The van der Waals surface area contributed by atoms with Gasteiger partial charge in [-0.2, -0.15) is 0 Å². The van der Waals surface area contributed by atoms with Crippen molar-refractivity contribution in [2.45, 2.75) is 26.7 Å². The van der Waals surface area contributed by atoms with E-state index in [1.165, 1.54) is 0 Å². The zero-order valence-electron chi connectivity index (χ0n) is 7.06. The van der Waals surface area contributed by atoms with Crippen LogP contribution in [0, 0.1) is 6.92 Å². The predicted molar refractivity (Wildman–Crippen MR) is 48.1 cm³/mol. The topological polar surface area (TPSA) is 12.9 Å². The highest BCUT2D eigenvalue weighted by Gasteiger charge is 2.04. The zero-order valence-corrected chi connectivity index (χ0v) is 7.81. The fraction of sp³-hybridized carbons (Fsp3) is 0.444. The smallest absolute Gasteiger partial charge is 0.0473 e. The maximum absolute atomic E-state index is 5.98. The molecule has 0 saturated heterocycles. The Morgan fingerprint density at radius 2 is 2.09 bits per heavy atom. The average molecular weight is 170 g/mol. The molecule has 0 amide bonds. The lowest BCUT2D eigenvalue weighted by Gasteiger charge is -2.06. The fourth-order valence-corrected chi connectivity index (χ4v) is 1.39. The molecule has 0 bridgehead atoms. The molecule has 1 aromatic heterocycles. The van der Waals surface area contributed by atoms with Crippen LogP contribution in [0.2, 0.25) is 5.02 Å². The monoisotopic (exact) mass is 169 g/mol. The summed E-state index contributed by atoms with van der Waals surface area (Å²) < 4.78 is 0. The first-order valence-electron chi connectivity index (χ1n) is 3.73. The van der Waals surface area contributed by atoms with Gasteiger partial charge in [0.15, 0.2) is 0 Å². The van der Waals surface area contributed by atoms with Crippen molar-refractivity contribution in [1.82, 2.24) is 4.98 Å². The van der Waals surface area contributed by atoms with Crippen LogP contribution in [-0.4, -0.2) is 4.98 Å². The number of hydrogen-bond acceptors (Lipinski definition) is 1. The van der Waals surface area contributed by atoms with Crippen LogP contribution >= 0.6 is 11.6 Å². The van der Waals surface area contributed by atoms with Crippen molar-refractivity contribution < 1.29 is 0 Å². The maximum Gasteiger partial charge on any atom is 0.0473 e. The molecule has 0 atom stereocenters. The lowest BCUT2D eigenvalue weighted by atomic mass is 10.1. The van der Waals surface area contributed by atoms with E-state index in [0.29, 0.717) is 5.92 Å². The SMILES string of the molecule is Cc1cc(Cl)c(C(C)C)cn1. The number of pyridine rings is 1. The van der Waals surface area contributed by atoms with Gasteiger partial charge >= 0.3 is 0 Å². The standard InChI is InChI=1S/C9H12ClN/c1-6(2)8-5-11-7(3)4-9(8)10/h4-6H,1-3H3. The van der Waals surface area contributed by atoms with Gasteiger partial charge in [0, 0.05) is 16.9 Å². The van der Waals surface area contributed by atoms with Crippen molar-refractivity contribution in [2.75, 3.05) is 0 Å². The van der Waals surface area contributed by atoms with Crippen LogP contribution in [-0.2, 0) is 0 Å². The van der Waals surface area contributed by atoms with Gasteiger partial charge < -0.3 is 0 Å². The average Bonchev–Trinajstić information content (AvgIpc) is 1.85. The van der Waals surface area contributed by atoms with E-state index < -0.39 is 0 Å². The zero-order chi connectivity index (χ0) is 8.43. The second-order valence-corrected chi connectivity index (χ2v) is 3.41. The Bertz CT molecular complexity index is 256. The molecule has 0 unspecified atom stereocenters. The first-order chi connectivity index (χ1) is 5.11. The number of aryl methyl sites for hydroxylation is 1. The quantitative estimate of drug-likeness (QED) is 0.630. The molecular weight excluding hydrogens is 158 g/mol. The number of halogens is 1. The van der Waals surface area contributed by atoms with Crippen LogP contribution in [0.15, 0.2) is 12.3 Å². The van der Waals surface area contributed by atoms with Gasteiger partial charge in [0.2, 0.25) is 0 Å². The minimum atomic E-state index is 0.454. The van der Waals surface area contributed by atoms with Gasteiger partial charge in [0.05, 0.1) is 0 Å². The third-order valence-electron chi connectivity index (χ3n) is 1.64. The van der Waals surface area contributed by atoms with Gasteiger partial charge in [-0.25, -0.2) is 0 Å². The Morgan fingerprint density at radius 3 is 2.55 bits per heavy atom. The predicted octanol–water partition coefficient (Wildman–Crippen LogP) is 3.17. The van der Waals surface area contributed by atoms with Crippen LogP contribution < -0.4 is 0 Å². The Labute approximate surface area is 72.4 Å². The van der Waals surface area contributed by atoms with Crippen molar-refractivity contribution in [3.63, 3.8) is 0 Å². The van der Waals surface area contributed by atoms with Crippen LogP contribution in [0.1, 0.15) is 31.0 Å². The van der Waals surface area contributed by atoms with E-state index in [2.05, 4.69) is 18.8 Å². The molecule has 0 saturated carbocycles. The summed E-state index contributed by atoms with van der Waals surface area (Å²) in [6.07, 6.45) is 1.85. The van der Waals surface area contributed by atoms with E-state index in [1.54, 1.807) is 0 Å². The highest BCUT2D eigenvalue weighted by Crippen LogP contribution is 2.23. The second kappa shape index (κ2) is 3.22. The second-order valence-electron chi connectivity index (χ2n) is 3.00. The van der Waals surface area contributed by atoms with Gasteiger partial charge in [-0.3, -0.25) is 4.98 Å². The third-order valence-corrected chi connectivity index (χ3v) is 1.97. The van der Waals surface area contributed by atoms with E-state index in [4.69, 9.17) is 11.6 Å². The molecule has 1 heterocycles. The molecule has 1 rings (SSSR count). The molecule has 0 fully saturated rings. The highest BCUT2D eigenvalue weighted by molar-refractivity contribution is 6.31. The van der Waals surface area contributed by atoms with Crippen LogP contribution in [0.3, 0.4) is 0 Å². The van der Waals surface area contributed by atoms with E-state index in [0.717, 1.165) is 16.3 Å². The Kier molecular flexibility index (Phi) is 2.50. The Balaban J connectivity index is 3.09. The number of nitrogens with zero attached hydrogens (tertiary/aromatic N) is 1. The summed E-state index contributed by atoms with van der Waals surface area (Å²) in [7, 11) is 0. The minimum absolute atomic E-state index is 0.454. The van der Waals surface area contributed by atoms with Gasteiger partial charge in [-0.05, 0) is 24.5 Å². The van der Waals surface area contributed by atoms with Crippen molar-refractivity contribution in [1.29, 1.82) is 0 Å². The molecule has 0 aromatic carbocycles. The minimum Gasteiger partial charge on any atom is -0.261 e. The molecule has 0 N–H and O–H groups in total. The molecule has 0 aliphatic carbocycles. The summed E-state index contributed by atoms with van der Waals surface area (Å²) in [5.41, 5.74) is 2.09. The normalized spacial score (nSPS) is 10.6. The van der Waals surface area contributed by atoms with Gasteiger partial charge in [-0.1, -0.05) is 25.4 Å². The first kappa shape index (κ1) is 8.54. The lowest BCUT2D eigenvalue weighted by molar-refractivity contribution is 0.856. The molecule has 11 heavy (non-hydrogen) atoms. The summed E-state index contributed by atoms with van der Waals surface area (Å²) in [6.45, 7) is 6.16. The highest BCUT2D eigenvalue weighted by atomic mass is 35.5. The molecule has 1 nitrogen and oxygen atoms in total. The summed E-state index contributed by atoms with van der Waals surface area (Å²) >= 11 is 5.98. The Hall–Kier alpha value is -0.560. The summed E-state index contributed by atoms with van der Waals surface area (Å²) in [5.74, 6) is 0.454. The fourth-order valence-electron chi connectivity index (χ4n) is 0.962. The summed E-state index contributed by atoms with van der Waals surface area (Å²) in [5, 5.41) is 0.826. The molecule has 0 aliphatic rings. The van der Waals surface area contributed by atoms with E-state index in [1.807, 2.05) is 19.2 Å². The molecule has 2 heteroatoms. The summed E-state index contributed by atoms with van der Waals surface area (Å²) in [4.78, 5) is 4.18. The molecule has 0 aliphatic heterocycles. The number of hydrogen-bond donors (Lipinski definition) is 0. The lowest BCUT2D eigenvalue weighted by Crippen LogP contribution is -1.91. The molecule has 1 aromatic rings. The number of aromatic nitrogens is 1. The van der Waals surface area contributed by atoms with Crippen LogP contribution in [0.25, 0.3) is 0 Å². The molecular formula is C9H12ClN. The summed E-state index contributed by atoms with van der Waals surface area (Å²) in [6, 6.07) is 1.90. The van der Waals surface area contributed by atoms with Crippen molar-refractivity contribution in [3.8, 4) is 0 Å². The van der Waals surface area contributed by atoms with Crippen molar-refractivity contribution in [2.24, 2.45) is 0 Å². The molecule has 60 valence electrons. The van der Waals surface area contributed by atoms with Gasteiger partial charge in [-0.15, -0.1) is 0 Å². The van der Waals surface area contributed by atoms with E-state index >= 15 is 0 Å². The van der Waals surface area contributed by atoms with Crippen molar-refractivity contribution in [3.05, 3.63) is 28.5 Å². The first-order valence-corrected chi connectivity index (χ1v) is 4.11.